The summed E-state index contributed by atoms with van der Waals surface area (Å²) in [5.74, 6) is 0.894. The minimum absolute atomic E-state index is 0.734. The molecule has 74 valence electrons. The van der Waals surface area contributed by atoms with Gasteiger partial charge in [0.25, 0.3) is 0 Å². The highest BCUT2D eigenvalue weighted by atomic mass is 16.5. The molecule has 14 heavy (non-hydrogen) atoms. The Labute approximate surface area is 84.2 Å². The first kappa shape index (κ1) is 9.28. The Balaban J connectivity index is 2.29. The van der Waals surface area contributed by atoms with Crippen LogP contribution >= 0.6 is 0 Å². The van der Waals surface area contributed by atoms with Gasteiger partial charge in [0.05, 0.1) is 20.3 Å². The van der Waals surface area contributed by atoms with E-state index in [0.717, 1.165) is 19.0 Å². The predicted octanol–water partition coefficient (Wildman–Crippen LogP) is 2.50. The van der Waals surface area contributed by atoms with Crippen molar-refractivity contribution in [2.45, 2.75) is 6.92 Å². The van der Waals surface area contributed by atoms with Crippen LogP contribution in [0.5, 0.6) is 5.75 Å². The van der Waals surface area contributed by atoms with E-state index in [1.54, 1.807) is 7.11 Å². The van der Waals surface area contributed by atoms with Crippen LogP contribution in [0.4, 0.5) is 0 Å². The fourth-order valence-electron chi connectivity index (χ4n) is 1.64. The van der Waals surface area contributed by atoms with E-state index >= 15 is 0 Å². The Morgan fingerprint density at radius 2 is 1.86 bits per heavy atom. The maximum absolute atomic E-state index is 5.38. The number of hydrogen-bond acceptors (Lipinski definition) is 2. The van der Waals surface area contributed by atoms with E-state index in [9.17, 15) is 0 Å². The van der Waals surface area contributed by atoms with E-state index < -0.39 is 0 Å². The second-order valence-electron chi connectivity index (χ2n) is 3.48. The summed E-state index contributed by atoms with van der Waals surface area (Å²) in [4.78, 5) is 0. The minimum Gasteiger partial charge on any atom is -0.497 e. The Hall–Kier alpha value is -1.28. The summed E-state index contributed by atoms with van der Waals surface area (Å²) >= 11 is 0. The van der Waals surface area contributed by atoms with Gasteiger partial charge in [-0.15, -0.1) is 0 Å². The molecule has 0 fully saturated rings. The molecule has 2 rings (SSSR count). The van der Waals surface area contributed by atoms with Crippen molar-refractivity contribution >= 4 is 5.57 Å². The van der Waals surface area contributed by atoms with Crippen molar-refractivity contribution in [3.8, 4) is 5.75 Å². The van der Waals surface area contributed by atoms with Gasteiger partial charge in [-0.2, -0.15) is 0 Å². The summed E-state index contributed by atoms with van der Waals surface area (Å²) in [6.07, 6.45) is 0. The molecule has 0 saturated carbocycles. The van der Waals surface area contributed by atoms with Crippen LogP contribution in [0.1, 0.15) is 12.5 Å². The average molecular weight is 190 g/mol. The molecule has 1 aliphatic heterocycles. The van der Waals surface area contributed by atoms with Gasteiger partial charge in [0.2, 0.25) is 0 Å². The number of methoxy groups -OCH3 is 1. The van der Waals surface area contributed by atoms with Crippen molar-refractivity contribution in [3.05, 3.63) is 35.4 Å². The van der Waals surface area contributed by atoms with Crippen molar-refractivity contribution in [2.24, 2.45) is 0 Å². The van der Waals surface area contributed by atoms with Gasteiger partial charge in [0.15, 0.2) is 0 Å². The monoisotopic (exact) mass is 190 g/mol. The van der Waals surface area contributed by atoms with Crippen LogP contribution in [0.3, 0.4) is 0 Å². The first-order valence-electron chi connectivity index (χ1n) is 4.72. The SMILES string of the molecule is COc1ccc(C2=C(C)COC2)cc1. The molecule has 0 amide bonds. The summed E-state index contributed by atoms with van der Waals surface area (Å²) in [7, 11) is 1.68. The third-order valence-corrected chi connectivity index (χ3v) is 2.52. The van der Waals surface area contributed by atoms with Gasteiger partial charge in [-0.3, -0.25) is 0 Å². The molecule has 0 unspecified atom stereocenters. The first-order valence-corrected chi connectivity index (χ1v) is 4.72. The molecule has 1 aliphatic rings. The second-order valence-corrected chi connectivity index (χ2v) is 3.48. The van der Waals surface area contributed by atoms with Gasteiger partial charge >= 0.3 is 0 Å². The number of rotatable bonds is 2. The molecule has 0 atom stereocenters. The normalized spacial score (nSPS) is 16.1. The largest absolute Gasteiger partial charge is 0.497 e. The van der Waals surface area contributed by atoms with Gasteiger partial charge < -0.3 is 9.47 Å². The number of hydrogen-bond donors (Lipinski definition) is 0. The molecule has 0 N–H and O–H groups in total. The summed E-state index contributed by atoms with van der Waals surface area (Å²) in [5, 5.41) is 0. The summed E-state index contributed by atoms with van der Waals surface area (Å²) < 4.78 is 10.5. The van der Waals surface area contributed by atoms with E-state index in [0.29, 0.717) is 0 Å². The lowest BCUT2D eigenvalue weighted by Crippen LogP contribution is -1.89. The van der Waals surface area contributed by atoms with Crippen LogP contribution < -0.4 is 4.74 Å². The Morgan fingerprint density at radius 3 is 2.36 bits per heavy atom. The maximum atomic E-state index is 5.38. The van der Waals surface area contributed by atoms with Gasteiger partial charge in [0, 0.05) is 0 Å². The van der Waals surface area contributed by atoms with Crippen LogP contribution in [0.25, 0.3) is 5.57 Å². The average Bonchev–Trinajstić information content (AvgIpc) is 2.65. The molecule has 2 heteroatoms. The van der Waals surface area contributed by atoms with Crippen LogP contribution in [0, 0.1) is 0 Å². The molecule has 0 radical (unpaired) electrons. The maximum Gasteiger partial charge on any atom is 0.118 e. The lowest BCUT2D eigenvalue weighted by atomic mass is 10.0. The Morgan fingerprint density at radius 1 is 1.14 bits per heavy atom. The van der Waals surface area contributed by atoms with E-state index in [2.05, 4.69) is 19.1 Å². The van der Waals surface area contributed by atoms with Crippen LogP contribution in [-0.4, -0.2) is 20.3 Å². The fourth-order valence-corrected chi connectivity index (χ4v) is 1.64. The second kappa shape index (κ2) is 3.84. The highest BCUT2D eigenvalue weighted by molar-refractivity contribution is 5.71. The van der Waals surface area contributed by atoms with Gasteiger partial charge in [-0.05, 0) is 35.8 Å². The lowest BCUT2D eigenvalue weighted by molar-refractivity contribution is 0.211. The van der Waals surface area contributed by atoms with E-state index in [-0.39, 0.29) is 0 Å². The summed E-state index contributed by atoms with van der Waals surface area (Å²) in [6, 6.07) is 8.11. The van der Waals surface area contributed by atoms with Crippen molar-refractivity contribution in [3.63, 3.8) is 0 Å². The summed E-state index contributed by atoms with van der Waals surface area (Å²) in [5.41, 5.74) is 3.88. The Bertz CT molecular complexity index is 349. The zero-order valence-electron chi connectivity index (χ0n) is 8.54. The summed E-state index contributed by atoms with van der Waals surface area (Å²) in [6.45, 7) is 3.62. The molecular formula is C12H14O2. The van der Waals surface area contributed by atoms with Gasteiger partial charge in [0.1, 0.15) is 5.75 Å². The smallest absolute Gasteiger partial charge is 0.118 e. The number of ether oxygens (including phenoxy) is 2. The van der Waals surface area contributed by atoms with E-state index in [1.807, 2.05) is 12.1 Å². The van der Waals surface area contributed by atoms with Crippen LogP contribution in [0.2, 0.25) is 0 Å². The third-order valence-electron chi connectivity index (χ3n) is 2.52. The van der Waals surface area contributed by atoms with Crippen molar-refractivity contribution in [2.75, 3.05) is 20.3 Å². The lowest BCUT2D eigenvalue weighted by Gasteiger charge is -2.04. The fraction of sp³-hybridized carbons (Fsp3) is 0.333. The molecule has 0 aromatic heterocycles. The zero-order chi connectivity index (χ0) is 9.97. The van der Waals surface area contributed by atoms with Crippen LogP contribution in [-0.2, 0) is 4.74 Å². The van der Waals surface area contributed by atoms with E-state index in [4.69, 9.17) is 9.47 Å². The van der Waals surface area contributed by atoms with Crippen molar-refractivity contribution in [1.29, 1.82) is 0 Å². The number of benzene rings is 1. The molecule has 0 bridgehead atoms. The van der Waals surface area contributed by atoms with Crippen molar-refractivity contribution in [1.82, 2.24) is 0 Å². The molecule has 0 spiro atoms. The zero-order valence-corrected chi connectivity index (χ0v) is 8.54. The predicted molar refractivity (Wildman–Crippen MR) is 56.4 cm³/mol. The molecule has 1 aromatic rings. The molecule has 2 nitrogen and oxygen atoms in total. The standard InChI is InChI=1S/C12H14O2/c1-9-7-14-8-12(9)10-3-5-11(13-2)6-4-10/h3-6H,7-8H2,1-2H3. The Kier molecular flexibility index (Phi) is 2.55. The highest BCUT2D eigenvalue weighted by Crippen LogP contribution is 2.25. The van der Waals surface area contributed by atoms with Crippen LogP contribution in [0.15, 0.2) is 29.8 Å². The molecule has 0 aliphatic carbocycles. The topological polar surface area (TPSA) is 18.5 Å². The van der Waals surface area contributed by atoms with Gasteiger partial charge in [-0.1, -0.05) is 12.1 Å². The molecule has 0 saturated heterocycles. The molecule has 1 heterocycles. The first-order chi connectivity index (χ1) is 6.81. The molecular weight excluding hydrogens is 176 g/mol. The highest BCUT2D eigenvalue weighted by Gasteiger charge is 2.12. The quantitative estimate of drug-likeness (QED) is 0.713. The molecule has 1 aromatic carbocycles. The third kappa shape index (κ3) is 1.66. The van der Waals surface area contributed by atoms with Crippen molar-refractivity contribution < 1.29 is 9.47 Å². The van der Waals surface area contributed by atoms with E-state index in [1.165, 1.54) is 16.7 Å². The van der Waals surface area contributed by atoms with Gasteiger partial charge in [-0.25, -0.2) is 0 Å². The minimum atomic E-state index is 0.734.